The maximum Gasteiger partial charge on any atom is 0.0542 e. The Morgan fingerprint density at radius 1 is 1.23 bits per heavy atom. The fourth-order valence-corrected chi connectivity index (χ4v) is 1.34. The molecule has 0 bridgehead atoms. The maximum atomic E-state index is 5.51. The molecule has 1 aromatic rings. The smallest absolute Gasteiger partial charge is 0.0542 e. The molecule has 0 unspecified atom stereocenters. The van der Waals surface area contributed by atoms with E-state index in [2.05, 4.69) is 18.0 Å². The Morgan fingerprint density at radius 2 is 2.00 bits per heavy atom. The average Bonchev–Trinajstić information content (AvgIpc) is 2.19. The number of aromatic nitrogens is 1. The quantitative estimate of drug-likeness (QED) is 0.702. The summed E-state index contributed by atoms with van der Waals surface area (Å²) in [6.07, 6.45) is 4.87. The van der Waals surface area contributed by atoms with Gasteiger partial charge in [-0.25, -0.2) is 0 Å². The highest BCUT2D eigenvalue weighted by atomic mass is 14.7. The standard InChI is InChI=1S/C11H18N2/c1-2-3-4-6-10-7-5-8-11(9-12)13-10/h5,7-8H,2-4,6,9,12H2,1H3. The van der Waals surface area contributed by atoms with Crippen LogP contribution in [-0.4, -0.2) is 4.98 Å². The SMILES string of the molecule is CCCCCc1cccc(CN)n1. The minimum atomic E-state index is 0.543. The molecule has 2 nitrogen and oxygen atoms in total. The lowest BCUT2D eigenvalue weighted by atomic mass is 10.1. The van der Waals surface area contributed by atoms with Crippen LogP contribution in [0.3, 0.4) is 0 Å². The molecule has 72 valence electrons. The van der Waals surface area contributed by atoms with Crippen LogP contribution in [0, 0.1) is 0 Å². The normalized spacial score (nSPS) is 10.3. The molecule has 2 heteroatoms. The summed E-state index contributed by atoms with van der Waals surface area (Å²) in [6.45, 7) is 2.76. The zero-order chi connectivity index (χ0) is 9.52. The van der Waals surface area contributed by atoms with Gasteiger partial charge in [-0.2, -0.15) is 0 Å². The number of rotatable bonds is 5. The molecule has 0 saturated carbocycles. The van der Waals surface area contributed by atoms with E-state index in [-0.39, 0.29) is 0 Å². The molecule has 0 spiro atoms. The van der Waals surface area contributed by atoms with Crippen molar-refractivity contribution in [2.24, 2.45) is 5.73 Å². The number of unbranched alkanes of at least 4 members (excludes halogenated alkanes) is 2. The van der Waals surface area contributed by atoms with Gasteiger partial charge in [-0.15, -0.1) is 0 Å². The summed E-state index contributed by atoms with van der Waals surface area (Å²) in [7, 11) is 0. The summed E-state index contributed by atoms with van der Waals surface area (Å²) in [5, 5.41) is 0. The van der Waals surface area contributed by atoms with Crippen LogP contribution in [0.15, 0.2) is 18.2 Å². The monoisotopic (exact) mass is 178 g/mol. The second-order valence-corrected chi connectivity index (χ2v) is 3.28. The van der Waals surface area contributed by atoms with Crippen LogP contribution in [0.1, 0.15) is 37.6 Å². The fourth-order valence-electron chi connectivity index (χ4n) is 1.34. The zero-order valence-corrected chi connectivity index (χ0v) is 8.29. The zero-order valence-electron chi connectivity index (χ0n) is 8.29. The van der Waals surface area contributed by atoms with Crippen LogP contribution in [-0.2, 0) is 13.0 Å². The van der Waals surface area contributed by atoms with Crippen LogP contribution in [0.5, 0.6) is 0 Å². The molecule has 0 radical (unpaired) electrons. The summed E-state index contributed by atoms with van der Waals surface area (Å²) in [5.41, 5.74) is 7.68. The molecule has 0 aliphatic rings. The van der Waals surface area contributed by atoms with Crippen molar-refractivity contribution in [3.05, 3.63) is 29.6 Å². The summed E-state index contributed by atoms with van der Waals surface area (Å²) >= 11 is 0. The lowest BCUT2D eigenvalue weighted by Gasteiger charge is -2.01. The Labute approximate surface area is 80.2 Å². The van der Waals surface area contributed by atoms with Gasteiger partial charge in [0.2, 0.25) is 0 Å². The average molecular weight is 178 g/mol. The van der Waals surface area contributed by atoms with Gasteiger partial charge in [-0.3, -0.25) is 4.98 Å². The largest absolute Gasteiger partial charge is 0.325 e. The first-order valence-corrected chi connectivity index (χ1v) is 5.01. The number of nitrogens with zero attached hydrogens (tertiary/aromatic N) is 1. The molecule has 2 N–H and O–H groups in total. The third kappa shape index (κ3) is 3.55. The van der Waals surface area contributed by atoms with Crippen molar-refractivity contribution < 1.29 is 0 Å². The Balaban J connectivity index is 2.46. The van der Waals surface area contributed by atoms with Crippen LogP contribution in [0.2, 0.25) is 0 Å². The van der Waals surface area contributed by atoms with Crippen LogP contribution in [0.4, 0.5) is 0 Å². The van der Waals surface area contributed by atoms with Crippen LogP contribution >= 0.6 is 0 Å². The first-order valence-electron chi connectivity index (χ1n) is 5.01. The van der Waals surface area contributed by atoms with Crippen molar-refractivity contribution in [3.63, 3.8) is 0 Å². The lowest BCUT2D eigenvalue weighted by molar-refractivity contribution is 0.704. The van der Waals surface area contributed by atoms with Gasteiger partial charge in [-0.05, 0) is 25.0 Å². The van der Waals surface area contributed by atoms with Gasteiger partial charge in [0.05, 0.1) is 5.69 Å². The second kappa shape index (κ2) is 5.70. The summed E-state index contributed by atoms with van der Waals surface area (Å²) in [6, 6.07) is 6.09. The molecule has 1 rings (SSSR count). The maximum absolute atomic E-state index is 5.51. The Morgan fingerprint density at radius 3 is 2.69 bits per heavy atom. The molecular weight excluding hydrogens is 160 g/mol. The van der Waals surface area contributed by atoms with Crippen molar-refractivity contribution in [2.45, 2.75) is 39.2 Å². The molecule has 1 heterocycles. The molecule has 0 amide bonds. The van der Waals surface area contributed by atoms with E-state index >= 15 is 0 Å². The highest BCUT2D eigenvalue weighted by Crippen LogP contribution is 2.04. The van der Waals surface area contributed by atoms with Gasteiger partial charge in [0.15, 0.2) is 0 Å². The van der Waals surface area contributed by atoms with Crippen molar-refractivity contribution in [3.8, 4) is 0 Å². The van der Waals surface area contributed by atoms with E-state index in [9.17, 15) is 0 Å². The third-order valence-corrected chi connectivity index (χ3v) is 2.11. The lowest BCUT2D eigenvalue weighted by Crippen LogP contribution is -2.01. The molecule has 0 fully saturated rings. The predicted molar refractivity (Wildman–Crippen MR) is 55.4 cm³/mol. The number of hydrogen-bond acceptors (Lipinski definition) is 2. The molecule has 0 atom stereocenters. The first-order chi connectivity index (χ1) is 6.36. The summed E-state index contributed by atoms with van der Waals surface area (Å²) < 4.78 is 0. The van der Waals surface area contributed by atoms with Crippen molar-refractivity contribution in [1.82, 2.24) is 4.98 Å². The Hall–Kier alpha value is -0.890. The Kier molecular flexibility index (Phi) is 4.47. The molecule has 13 heavy (non-hydrogen) atoms. The van der Waals surface area contributed by atoms with Crippen LogP contribution in [0.25, 0.3) is 0 Å². The van der Waals surface area contributed by atoms with Gasteiger partial charge in [-0.1, -0.05) is 25.8 Å². The number of aryl methyl sites for hydroxylation is 1. The first kappa shape index (κ1) is 10.2. The van der Waals surface area contributed by atoms with E-state index < -0.39 is 0 Å². The van der Waals surface area contributed by atoms with Crippen molar-refractivity contribution >= 4 is 0 Å². The van der Waals surface area contributed by atoms with Crippen molar-refractivity contribution in [2.75, 3.05) is 0 Å². The van der Waals surface area contributed by atoms with Crippen LogP contribution < -0.4 is 5.73 Å². The minimum absolute atomic E-state index is 0.543. The van der Waals surface area contributed by atoms with Gasteiger partial charge in [0, 0.05) is 12.2 Å². The molecule has 0 aliphatic heterocycles. The fraction of sp³-hybridized carbons (Fsp3) is 0.545. The minimum Gasteiger partial charge on any atom is -0.325 e. The van der Waals surface area contributed by atoms with Gasteiger partial charge < -0.3 is 5.73 Å². The van der Waals surface area contributed by atoms with E-state index in [1.54, 1.807) is 0 Å². The van der Waals surface area contributed by atoms with E-state index in [0.717, 1.165) is 12.1 Å². The van der Waals surface area contributed by atoms with E-state index in [4.69, 9.17) is 5.73 Å². The topological polar surface area (TPSA) is 38.9 Å². The second-order valence-electron chi connectivity index (χ2n) is 3.28. The van der Waals surface area contributed by atoms with E-state index in [1.807, 2.05) is 12.1 Å². The number of hydrogen-bond donors (Lipinski definition) is 1. The number of nitrogens with two attached hydrogens (primary N) is 1. The highest BCUT2D eigenvalue weighted by molar-refractivity contribution is 5.10. The van der Waals surface area contributed by atoms with Gasteiger partial charge in [0.1, 0.15) is 0 Å². The molecule has 1 aromatic heterocycles. The predicted octanol–water partition coefficient (Wildman–Crippen LogP) is 2.27. The summed E-state index contributed by atoms with van der Waals surface area (Å²) in [4.78, 5) is 4.44. The highest BCUT2D eigenvalue weighted by Gasteiger charge is 1.95. The van der Waals surface area contributed by atoms with Gasteiger partial charge in [0.25, 0.3) is 0 Å². The summed E-state index contributed by atoms with van der Waals surface area (Å²) in [5.74, 6) is 0. The van der Waals surface area contributed by atoms with E-state index in [0.29, 0.717) is 6.54 Å². The van der Waals surface area contributed by atoms with E-state index in [1.165, 1.54) is 25.0 Å². The third-order valence-electron chi connectivity index (χ3n) is 2.11. The molecule has 0 aliphatic carbocycles. The molecule has 0 saturated heterocycles. The number of pyridine rings is 1. The Bertz CT molecular complexity index is 246. The molecule has 0 aromatic carbocycles. The van der Waals surface area contributed by atoms with Crippen molar-refractivity contribution in [1.29, 1.82) is 0 Å². The molecular formula is C11H18N2. The van der Waals surface area contributed by atoms with Gasteiger partial charge >= 0.3 is 0 Å².